The topological polar surface area (TPSA) is 336 Å². The Hall–Kier alpha value is -0.760. The van der Waals surface area contributed by atoms with Gasteiger partial charge in [-0.15, -0.1) is 0 Å². The van der Waals surface area contributed by atoms with Gasteiger partial charge in [-0.3, -0.25) is 0 Å². The average Bonchev–Trinajstić information content (AvgIpc) is 3.30. The van der Waals surface area contributed by atoms with E-state index in [-0.39, 0.29) is 25.5 Å². The van der Waals surface area contributed by atoms with Gasteiger partial charge in [0.05, 0.1) is 37.0 Å². The average molecular weight is 656 g/mol. The molecule has 0 unspecified atom stereocenters. The molecular formula is C26H49N5O14. The second-order valence-corrected chi connectivity index (χ2v) is 12.7. The van der Waals surface area contributed by atoms with Crippen molar-refractivity contribution in [3.63, 3.8) is 0 Å². The number of nitrogens with two attached hydrogens (primary N) is 5. The summed E-state index contributed by atoms with van der Waals surface area (Å²) in [4.78, 5) is 0. The van der Waals surface area contributed by atoms with Crippen LogP contribution < -0.4 is 28.7 Å². The lowest BCUT2D eigenvalue weighted by Gasteiger charge is -2.50. The van der Waals surface area contributed by atoms with E-state index in [1.54, 1.807) is 6.92 Å². The molecular weight excluding hydrogens is 606 g/mol. The van der Waals surface area contributed by atoms with Crippen molar-refractivity contribution in [2.24, 2.45) is 28.7 Å². The molecule has 4 heterocycles. The van der Waals surface area contributed by atoms with Gasteiger partial charge in [-0.2, -0.15) is 0 Å². The van der Waals surface area contributed by atoms with Gasteiger partial charge >= 0.3 is 0 Å². The minimum absolute atomic E-state index is 0.0952. The molecule has 0 aromatic rings. The number of aliphatic hydroxyl groups excluding tert-OH is 7. The highest BCUT2D eigenvalue weighted by molar-refractivity contribution is 5.03. The van der Waals surface area contributed by atoms with Crippen molar-refractivity contribution >= 4 is 0 Å². The third-order valence-electron chi connectivity index (χ3n) is 9.39. The van der Waals surface area contributed by atoms with Crippen LogP contribution in [0.1, 0.15) is 19.8 Å². The lowest BCUT2D eigenvalue weighted by Crippen LogP contribution is -2.70. The van der Waals surface area contributed by atoms with Crippen molar-refractivity contribution in [2.45, 2.75) is 148 Å². The van der Waals surface area contributed by atoms with Crippen molar-refractivity contribution in [1.82, 2.24) is 0 Å². The van der Waals surface area contributed by atoms with Gasteiger partial charge in [0.1, 0.15) is 67.1 Å². The van der Waals surface area contributed by atoms with Crippen LogP contribution in [-0.2, 0) is 33.2 Å². The fraction of sp³-hybridized carbons (Fsp3) is 1.00. The molecule has 1 saturated carbocycles. The Morgan fingerprint density at radius 3 is 1.87 bits per heavy atom. The zero-order chi connectivity index (χ0) is 32.9. The van der Waals surface area contributed by atoms with Crippen LogP contribution in [0.15, 0.2) is 0 Å². The van der Waals surface area contributed by atoms with Gasteiger partial charge in [0.15, 0.2) is 18.9 Å². The van der Waals surface area contributed by atoms with Crippen LogP contribution in [0.2, 0.25) is 0 Å². The fourth-order valence-electron chi connectivity index (χ4n) is 6.76. The van der Waals surface area contributed by atoms with Crippen molar-refractivity contribution in [2.75, 3.05) is 13.2 Å². The van der Waals surface area contributed by atoms with E-state index < -0.39 is 129 Å². The molecule has 17 N–H and O–H groups in total. The number of ether oxygens (including phenoxy) is 7. The number of hydrogen-bond acceptors (Lipinski definition) is 19. The molecule has 0 radical (unpaired) electrons. The number of aliphatic hydroxyl groups is 7. The highest BCUT2D eigenvalue weighted by atomic mass is 16.8. The molecule has 0 bridgehead atoms. The standard InChI is InChI=1S/C26H49N5O14/c1-6-2-9(33)20-23(39-6)17(37)13(31)25(43-20)42-19-8(29)3-7(28)14(34)22(19)45-26-18(38)21(11(5-32)41-26)44-24-12(30)16(36)15(35)10(4-27)40-24/h6-26,32-38H,2-5,27-31H2,1H3/t6-,7-,8+,9+,10+,11-,12-,13-,14+,15-,16-,17-,18-,19-,20-,21-,22-,23+,24-,25+,26+/m1/s1. The van der Waals surface area contributed by atoms with Crippen LogP contribution in [0.5, 0.6) is 0 Å². The van der Waals surface area contributed by atoms with Gasteiger partial charge in [0.2, 0.25) is 0 Å². The third kappa shape index (κ3) is 6.90. The summed E-state index contributed by atoms with van der Waals surface area (Å²) in [6.07, 6.45) is -20.1. The maximum absolute atomic E-state index is 11.2. The molecule has 262 valence electrons. The number of fused-ring (bicyclic) bond motifs is 1. The van der Waals surface area contributed by atoms with Gasteiger partial charge in [-0.25, -0.2) is 0 Å². The summed E-state index contributed by atoms with van der Waals surface area (Å²) < 4.78 is 41.0. The summed E-state index contributed by atoms with van der Waals surface area (Å²) in [5.41, 5.74) is 30.4. The molecule has 0 spiro atoms. The highest BCUT2D eigenvalue weighted by Crippen LogP contribution is 2.36. The fourth-order valence-corrected chi connectivity index (χ4v) is 6.76. The van der Waals surface area contributed by atoms with Crippen LogP contribution >= 0.6 is 0 Å². The molecule has 45 heavy (non-hydrogen) atoms. The molecule has 19 heteroatoms. The third-order valence-corrected chi connectivity index (χ3v) is 9.39. The van der Waals surface area contributed by atoms with Gasteiger partial charge in [0.25, 0.3) is 0 Å². The monoisotopic (exact) mass is 655 g/mol. The molecule has 21 atom stereocenters. The van der Waals surface area contributed by atoms with Crippen LogP contribution in [-0.4, -0.2) is 177 Å². The molecule has 4 saturated heterocycles. The summed E-state index contributed by atoms with van der Waals surface area (Å²) in [6.45, 7) is 0.948. The molecule has 0 amide bonds. The van der Waals surface area contributed by atoms with E-state index in [0.29, 0.717) is 0 Å². The molecule has 5 aliphatic rings. The van der Waals surface area contributed by atoms with Crippen LogP contribution in [0, 0.1) is 0 Å². The van der Waals surface area contributed by atoms with Crippen LogP contribution in [0.4, 0.5) is 0 Å². The van der Waals surface area contributed by atoms with E-state index in [2.05, 4.69) is 0 Å². The Labute approximate surface area is 259 Å². The first-order chi connectivity index (χ1) is 21.3. The predicted octanol–water partition coefficient (Wildman–Crippen LogP) is -7.68. The van der Waals surface area contributed by atoms with E-state index >= 15 is 0 Å². The molecule has 19 nitrogen and oxygen atoms in total. The quantitative estimate of drug-likeness (QED) is 0.115. The van der Waals surface area contributed by atoms with E-state index in [9.17, 15) is 35.7 Å². The summed E-state index contributed by atoms with van der Waals surface area (Å²) in [7, 11) is 0. The zero-order valence-electron chi connectivity index (χ0n) is 24.8. The first kappa shape index (κ1) is 35.5. The Bertz CT molecular complexity index is 977. The predicted molar refractivity (Wildman–Crippen MR) is 148 cm³/mol. The van der Waals surface area contributed by atoms with Gasteiger partial charge < -0.3 is 97.6 Å². The number of rotatable bonds is 8. The summed E-state index contributed by atoms with van der Waals surface area (Å²) >= 11 is 0. The molecule has 5 rings (SSSR count). The molecule has 5 fully saturated rings. The Balaban J connectivity index is 1.30. The molecule has 4 aliphatic heterocycles. The Morgan fingerprint density at radius 2 is 1.20 bits per heavy atom. The summed E-state index contributed by atoms with van der Waals surface area (Å²) in [6, 6.07) is -4.10. The molecule has 1 aliphatic carbocycles. The second kappa shape index (κ2) is 14.4. The maximum atomic E-state index is 11.2. The van der Waals surface area contributed by atoms with Crippen molar-refractivity contribution < 1.29 is 68.9 Å². The van der Waals surface area contributed by atoms with Crippen molar-refractivity contribution in [3.8, 4) is 0 Å². The largest absolute Gasteiger partial charge is 0.394 e. The zero-order valence-corrected chi connectivity index (χ0v) is 24.8. The number of hydrogen-bond donors (Lipinski definition) is 12. The Morgan fingerprint density at radius 1 is 0.600 bits per heavy atom. The maximum Gasteiger partial charge on any atom is 0.187 e. The van der Waals surface area contributed by atoms with Gasteiger partial charge in [0, 0.05) is 25.0 Å². The summed E-state index contributed by atoms with van der Waals surface area (Å²) in [5.74, 6) is 0. The smallest absolute Gasteiger partial charge is 0.187 e. The van der Waals surface area contributed by atoms with Gasteiger partial charge in [-0.05, 0) is 13.3 Å². The van der Waals surface area contributed by atoms with Crippen molar-refractivity contribution in [3.05, 3.63) is 0 Å². The SMILES string of the molecule is C[C@@H]1C[C@H](O)[C@H]2O[C@H](O[C@H]3[C@H](O[C@@H]4O[C@H](CO)[C@@H](O[C@H]5O[C@@H](CN)[C@@H](O)[C@H](O)[C@H]5N)[C@H]4O)[C@@H](O)[C@H](N)C[C@@H]3N)[C@H](N)[C@@H](O)[C@@H]2O1. The lowest BCUT2D eigenvalue weighted by atomic mass is 9.84. The second-order valence-electron chi connectivity index (χ2n) is 12.7. The normalized spacial score (nSPS) is 55.8. The lowest BCUT2D eigenvalue weighted by molar-refractivity contribution is -0.333. The minimum Gasteiger partial charge on any atom is -0.394 e. The van der Waals surface area contributed by atoms with Crippen LogP contribution in [0.3, 0.4) is 0 Å². The highest BCUT2D eigenvalue weighted by Gasteiger charge is 2.55. The van der Waals surface area contributed by atoms with E-state index in [1.807, 2.05) is 0 Å². The molecule has 0 aromatic heterocycles. The minimum atomic E-state index is -1.60. The van der Waals surface area contributed by atoms with Gasteiger partial charge in [-0.1, -0.05) is 0 Å². The Kier molecular flexibility index (Phi) is 11.4. The molecule has 0 aromatic carbocycles. The first-order valence-electron chi connectivity index (χ1n) is 15.3. The van der Waals surface area contributed by atoms with Crippen LogP contribution in [0.25, 0.3) is 0 Å². The first-order valence-corrected chi connectivity index (χ1v) is 15.3. The van der Waals surface area contributed by atoms with E-state index in [4.69, 9.17) is 61.8 Å². The summed E-state index contributed by atoms with van der Waals surface area (Å²) in [5, 5.41) is 74.3. The van der Waals surface area contributed by atoms with Crippen molar-refractivity contribution in [1.29, 1.82) is 0 Å². The van der Waals surface area contributed by atoms with E-state index in [0.717, 1.165) is 0 Å². The van der Waals surface area contributed by atoms with E-state index in [1.165, 1.54) is 0 Å².